The molecule has 0 saturated heterocycles. The lowest BCUT2D eigenvalue weighted by Crippen LogP contribution is -2.30. The normalized spacial score (nSPS) is 14.8. The van der Waals surface area contributed by atoms with Gasteiger partial charge in [0.2, 0.25) is 14.1 Å². The van der Waals surface area contributed by atoms with E-state index in [9.17, 15) is 0 Å². The molecule has 5 heteroatoms. The van der Waals surface area contributed by atoms with Crippen molar-refractivity contribution in [1.82, 2.24) is 0 Å². The third-order valence-corrected chi connectivity index (χ3v) is 3.28. The first kappa shape index (κ1) is 11.8. The van der Waals surface area contributed by atoms with Crippen molar-refractivity contribution in [3.05, 3.63) is 16.6 Å². The molecule has 0 amide bonds. The maximum atomic E-state index is 5.98. The SMILES string of the molecule is C[Si](C)(C)Oc1cc(Br)cc2c1OCCO2. The number of benzene rings is 1. The minimum Gasteiger partial charge on any atom is -0.542 e. The second-order valence-corrected chi connectivity index (χ2v) is 9.99. The lowest BCUT2D eigenvalue weighted by atomic mass is 10.3. The second kappa shape index (κ2) is 4.29. The Balaban J connectivity index is 2.39. The van der Waals surface area contributed by atoms with Crippen molar-refractivity contribution in [2.45, 2.75) is 19.6 Å². The molecule has 3 nitrogen and oxygen atoms in total. The van der Waals surface area contributed by atoms with E-state index in [1.54, 1.807) is 0 Å². The smallest absolute Gasteiger partial charge is 0.242 e. The summed E-state index contributed by atoms with van der Waals surface area (Å²) in [4.78, 5) is 0. The van der Waals surface area contributed by atoms with Crippen molar-refractivity contribution in [2.24, 2.45) is 0 Å². The van der Waals surface area contributed by atoms with Crippen LogP contribution < -0.4 is 13.9 Å². The van der Waals surface area contributed by atoms with Gasteiger partial charge in [-0.2, -0.15) is 0 Å². The molecule has 88 valence electrons. The van der Waals surface area contributed by atoms with Crippen molar-refractivity contribution in [2.75, 3.05) is 13.2 Å². The highest BCUT2D eigenvalue weighted by molar-refractivity contribution is 9.10. The zero-order valence-corrected chi connectivity index (χ0v) is 12.3. The Morgan fingerprint density at radius 1 is 1.19 bits per heavy atom. The van der Waals surface area contributed by atoms with Crippen LogP contribution in [0.1, 0.15) is 0 Å². The van der Waals surface area contributed by atoms with Crippen LogP contribution in [0.5, 0.6) is 17.2 Å². The first-order valence-electron chi connectivity index (χ1n) is 5.24. The molecule has 0 saturated carbocycles. The van der Waals surface area contributed by atoms with Gasteiger partial charge in [0.25, 0.3) is 0 Å². The third-order valence-electron chi connectivity index (χ3n) is 1.99. The number of ether oxygens (including phenoxy) is 2. The number of fused-ring (bicyclic) bond motifs is 1. The van der Waals surface area contributed by atoms with E-state index in [1.807, 2.05) is 12.1 Å². The van der Waals surface area contributed by atoms with Gasteiger partial charge in [0.05, 0.1) is 0 Å². The highest BCUT2D eigenvalue weighted by atomic mass is 79.9. The molecule has 0 radical (unpaired) electrons. The van der Waals surface area contributed by atoms with Crippen LogP contribution in [0.25, 0.3) is 0 Å². The average molecular weight is 303 g/mol. The molecule has 0 fully saturated rings. The standard InChI is InChI=1S/C11H15BrO3Si/c1-16(2,3)15-10-7-8(12)6-9-11(10)14-5-4-13-9/h6-7H,4-5H2,1-3H3. The van der Waals surface area contributed by atoms with Crippen LogP contribution in [0.2, 0.25) is 19.6 Å². The summed E-state index contributed by atoms with van der Waals surface area (Å²) in [6.45, 7) is 7.60. The van der Waals surface area contributed by atoms with Crippen molar-refractivity contribution in [3.8, 4) is 17.2 Å². The van der Waals surface area contributed by atoms with E-state index in [-0.39, 0.29) is 0 Å². The van der Waals surface area contributed by atoms with E-state index in [2.05, 4.69) is 35.6 Å². The predicted octanol–water partition coefficient (Wildman–Crippen LogP) is 3.43. The molecule has 0 atom stereocenters. The molecule has 0 N–H and O–H groups in total. The van der Waals surface area contributed by atoms with Gasteiger partial charge in [-0.1, -0.05) is 15.9 Å². The Kier molecular flexibility index (Phi) is 3.16. The molecule has 1 aliphatic heterocycles. The maximum Gasteiger partial charge on any atom is 0.242 e. The number of hydrogen-bond donors (Lipinski definition) is 0. The Morgan fingerprint density at radius 2 is 1.88 bits per heavy atom. The molecule has 1 aromatic rings. The van der Waals surface area contributed by atoms with Gasteiger partial charge in [0.15, 0.2) is 11.5 Å². The van der Waals surface area contributed by atoms with E-state index in [4.69, 9.17) is 13.9 Å². The fourth-order valence-corrected chi connectivity index (χ4v) is 2.72. The van der Waals surface area contributed by atoms with Gasteiger partial charge in [-0.25, -0.2) is 0 Å². The van der Waals surface area contributed by atoms with Crippen molar-refractivity contribution in [1.29, 1.82) is 0 Å². The van der Waals surface area contributed by atoms with Gasteiger partial charge in [-0.15, -0.1) is 0 Å². The molecule has 0 spiro atoms. The molecular weight excluding hydrogens is 288 g/mol. The van der Waals surface area contributed by atoms with Crippen molar-refractivity contribution < 1.29 is 13.9 Å². The largest absolute Gasteiger partial charge is 0.542 e. The number of halogens is 1. The highest BCUT2D eigenvalue weighted by Crippen LogP contribution is 2.42. The van der Waals surface area contributed by atoms with Crippen LogP contribution in [0.3, 0.4) is 0 Å². The van der Waals surface area contributed by atoms with Crippen LogP contribution in [-0.4, -0.2) is 21.5 Å². The summed E-state index contributed by atoms with van der Waals surface area (Å²) in [7, 11) is -1.64. The lowest BCUT2D eigenvalue weighted by molar-refractivity contribution is 0.167. The van der Waals surface area contributed by atoms with E-state index >= 15 is 0 Å². The molecule has 1 heterocycles. The fourth-order valence-electron chi connectivity index (χ4n) is 1.50. The van der Waals surface area contributed by atoms with E-state index in [0.717, 1.165) is 21.7 Å². The quantitative estimate of drug-likeness (QED) is 0.783. The summed E-state index contributed by atoms with van der Waals surface area (Å²) < 4.78 is 18.1. The molecule has 2 rings (SSSR count). The van der Waals surface area contributed by atoms with Gasteiger partial charge in [0, 0.05) is 4.47 Å². The summed E-state index contributed by atoms with van der Waals surface area (Å²) in [6, 6.07) is 3.84. The van der Waals surface area contributed by atoms with Crippen LogP contribution in [0.4, 0.5) is 0 Å². The van der Waals surface area contributed by atoms with Crippen LogP contribution in [-0.2, 0) is 0 Å². The number of rotatable bonds is 2. The van der Waals surface area contributed by atoms with Gasteiger partial charge in [0.1, 0.15) is 13.2 Å². The third kappa shape index (κ3) is 2.71. The Labute approximate surface area is 105 Å². The van der Waals surface area contributed by atoms with Crippen LogP contribution in [0.15, 0.2) is 16.6 Å². The molecule has 0 bridgehead atoms. The van der Waals surface area contributed by atoms with Crippen molar-refractivity contribution in [3.63, 3.8) is 0 Å². The monoisotopic (exact) mass is 302 g/mol. The molecular formula is C11H15BrO3Si. The molecule has 0 unspecified atom stereocenters. The Bertz CT molecular complexity index is 401. The molecule has 0 aliphatic carbocycles. The molecule has 16 heavy (non-hydrogen) atoms. The van der Waals surface area contributed by atoms with Gasteiger partial charge < -0.3 is 13.9 Å². The summed E-state index contributed by atoms with van der Waals surface area (Å²) >= 11 is 3.45. The lowest BCUT2D eigenvalue weighted by Gasteiger charge is -2.25. The van der Waals surface area contributed by atoms with Crippen LogP contribution >= 0.6 is 15.9 Å². The minimum absolute atomic E-state index is 0.580. The summed E-state index contributed by atoms with van der Waals surface area (Å²) in [5.74, 6) is 2.27. The molecule has 1 aromatic carbocycles. The predicted molar refractivity (Wildman–Crippen MR) is 69.1 cm³/mol. The highest BCUT2D eigenvalue weighted by Gasteiger charge is 2.23. The second-order valence-electron chi connectivity index (χ2n) is 4.64. The van der Waals surface area contributed by atoms with E-state index in [0.29, 0.717) is 13.2 Å². The molecule has 1 aliphatic rings. The van der Waals surface area contributed by atoms with Crippen molar-refractivity contribution >= 4 is 24.2 Å². The van der Waals surface area contributed by atoms with Crippen LogP contribution in [0, 0.1) is 0 Å². The zero-order chi connectivity index (χ0) is 11.8. The summed E-state index contributed by atoms with van der Waals surface area (Å²) in [5.41, 5.74) is 0. The average Bonchev–Trinajstić information content (AvgIpc) is 2.14. The summed E-state index contributed by atoms with van der Waals surface area (Å²) in [5, 5.41) is 0. The van der Waals surface area contributed by atoms with Gasteiger partial charge in [-0.05, 0) is 31.8 Å². The van der Waals surface area contributed by atoms with Gasteiger partial charge >= 0.3 is 0 Å². The summed E-state index contributed by atoms with van der Waals surface area (Å²) in [6.07, 6.45) is 0. The first-order chi connectivity index (χ1) is 7.46. The minimum atomic E-state index is -1.64. The van der Waals surface area contributed by atoms with E-state index < -0.39 is 8.32 Å². The Morgan fingerprint density at radius 3 is 2.56 bits per heavy atom. The zero-order valence-electron chi connectivity index (χ0n) is 9.67. The fraction of sp³-hybridized carbons (Fsp3) is 0.455. The number of hydrogen-bond acceptors (Lipinski definition) is 3. The Hall–Kier alpha value is -0.683. The topological polar surface area (TPSA) is 27.7 Å². The van der Waals surface area contributed by atoms with Gasteiger partial charge in [-0.3, -0.25) is 0 Å². The maximum absolute atomic E-state index is 5.98. The first-order valence-corrected chi connectivity index (χ1v) is 9.44. The van der Waals surface area contributed by atoms with E-state index in [1.165, 1.54) is 0 Å². The molecule has 0 aromatic heterocycles.